The molecule has 0 radical (unpaired) electrons. The molecule has 28 heavy (non-hydrogen) atoms. The fourth-order valence-corrected chi connectivity index (χ4v) is 4.28. The van der Waals surface area contributed by atoms with Crippen molar-refractivity contribution >= 4 is 29.3 Å². The van der Waals surface area contributed by atoms with Gasteiger partial charge < -0.3 is 15.0 Å². The van der Waals surface area contributed by atoms with Crippen molar-refractivity contribution in [2.45, 2.75) is 45.4 Å². The molecule has 0 atom stereocenters. The number of nitrogens with zero attached hydrogens (tertiary/aromatic N) is 3. The molecule has 0 aliphatic carbocycles. The topological polar surface area (TPSA) is 75.2 Å². The van der Waals surface area contributed by atoms with Gasteiger partial charge in [0.2, 0.25) is 5.95 Å². The summed E-state index contributed by atoms with van der Waals surface area (Å²) in [5.41, 5.74) is 1.14. The van der Waals surface area contributed by atoms with E-state index in [9.17, 15) is 14.0 Å². The lowest BCUT2D eigenvalue weighted by molar-refractivity contribution is -0.107. The minimum absolute atomic E-state index is 0.107. The molecule has 2 aromatic heterocycles. The molecule has 0 bridgehead atoms. The van der Waals surface area contributed by atoms with Gasteiger partial charge in [0.25, 0.3) is 5.91 Å². The standard InChI is InChI=1S/C17H19FN4OS.C3H6O/c18-15-11(6-7-13(21-15)22-9-2-1-3-10-22)17-20-12-5-4-8-19-16(23)14(12)24-17;1-2-3-4/h6-7H,1-5,8-10H2,(H,19,23);3H,2H2,1H3. The van der Waals surface area contributed by atoms with Gasteiger partial charge in [-0.1, -0.05) is 6.92 Å². The van der Waals surface area contributed by atoms with Crippen molar-refractivity contribution in [3.05, 3.63) is 28.7 Å². The first-order valence-corrected chi connectivity index (χ1v) is 10.6. The summed E-state index contributed by atoms with van der Waals surface area (Å²) in [7, 11) is 0. The lowest BCUT2D eigenvalue weighted by Gasteiger charge is -2.27. The number of hydrogen-bond donors (Lipinski definition) is 1. The molecule has 4 rings (SSSR count). The number of pyridine rings is 1. The Morgan fingerprint density at radius 2 is 1.96 bits per heavy atom. The van der Waals surface area contributed by atoms with Crippen molar-refractivity contribution in [1.29, 1.82) is 0 Å². The van der Waals surface area contributed by atoms with E-state index >= 15 is 0 Å². The van der Waals surface area contributed by atoms with Gasteiger partial charge in [-0.3, -0.25) is 4.79 Å². The third kappa shape index (κ3) is 4.73. The van der Waals surface area contributed by atoms with Gasteiger partial charge in [-0.15, -0.1) is 11.3 Å². The summed E-state index contributed by atoms with van der Waals surface area (Å²) in [6.07, 6.45) is 6.59. The molecule has 1 N–H and O–H groups in total. The maximum absolute atomic E-state index is 14.6. The summed E-state index contributed by atoms with van der Waals surface area (Å²) in [4.78, 5) is 32.6. The predicted molar refractivity (Wildman–Crippen MR) is 108 cm³/mol. The number of piperidine rings is 1. The molecule has 0 aromatic carbocycles. The van der Waals surface area contributed by atoms with E-state index in [1.165, 1.54) is 17.8 Å². The molecular formula is C20H25FN4O2S. The third-order valence-electron chi connectivity index (χ3n) is 4.69. The minimum Gasteiger partial charge on any atom is -0.357 e. The normalized spacial score (nSPS) is 16.4. The van der Waals surface area contributed by atoms with Gasteiger partial charge in [-0.25, -0.2) is 9.97 Å². The smallest absolute Gasteiger partial charge is 0.263 e. The number of amides is 1. The number of fused-ring (bicyclic) bond motifs is 1. The van der Waals surface area contributed by atoms with Gasteiger partial charge in [0.05, 0.1) is 11.3 Å². The van der Waals surface area contributed by atoms with Gasteiger partial charge in [0.15, 0.2) is 0 Å². The Morgan fingerprint density at radius 3 is 2.64 bits per heavy atom. The molecule has 8 heteroatoms. The van der Waals surface area contributed by atoms with Crippen LogP contribution in [-0.4, -0.2) is 41.8 Å². The highest BCUT2D eigenvalue weighted by molar-refractivity contribution is 7.17. The van der Waals surface area contributed by atoms with E-state index in [4.69, 9.17) is 0 Å². The van der Waals surface area contributed by atoms with Crippen molar-refractivity contribution < 1.29 is 14.0 Å². The number of carbonyl (C=O) groups excluding carboxylic acids is 2. The summed E-state index contributed by atoms with van der Waals surface area (Å²) >= 11 is 1.25. The fraction of sp³-hybridized carbons (Fsp3) is 0.500. The van der Waals surface area contributed by atoms with Crippen LogP contribution in [0, 0.1) is 5.95 Å². The highest BCUT2D eigenvalue weighted by atomic mass is 32.1. The van der Waals surface area contributed by atoms with Crippen LogP contribution < -0.4 is 10.2 Å². The van der Waals surface area contributed by atoms with Gasteiger partial charge in [-0.05, 0) is 44.2 Å². The average Bonchev–Trinajstić information content (AvgIpc) is 3.08. The van der Waals surface area contributed by atoms with E-state index < -0.39 is 5.95 Å². The molecular weight excluding hydrogens is 379 g/mol. The van der Waals surface area contributed by atoms with Crippen molar-refractivity contribution in [2.24, 2.45) is 0 Å². The first-order valence-electron chi connectivity index (χ1n) is 9.77. The maximum atomic E-state index is 14.6. The van der Waals surface area contributed by atoms with E-state index in [0.29, 0.717) is 34.2 Å². The number of aldehydes is 1. The Morgan fingerprint density at radius 1 is 1.21 bits per heavy atom. The number of nitrogens with one attached hydrogen (secondary N) is 1. The van der Waals surface area contributed by atoms with Crippen molar-refractivity contribution in [1.82, 2.24) is 15.3 Å². The molecule has 2 aromatic rings. The zero-order chi connectivity index (χ0) is 19.9. The van der Waals surface area contributed by atoms with E-state index in [-0.39, 0.29) is 5.91 Å². The minimum atomic E-state index is -0.512. The first-order chi connectivity index (χ1) is 13.6. The average molecular weight is 405 g/mol. The summed E-state index contributed by atoms with van der Waals surface area (Å²) in [5.74, 6) is 0.0683. The van der Waals surface area contributed by atoms with E-state index in [0.717, 1.165) is 50.8 Å². The maximum Gasteiger partial charge on any atom is 0.263 e. The van der Waals surface area contributed by atoms with Gasteiger partial charge in [0.1, 0.15) is 22.0 Å². The van der Waals surface area contributed by atoms with Crippen molar-refractivity contribution in [3.8, 4) is 10.6 Å². The van der Waals surface area contributed by atoms with Crippen LogP contribution in [0.25, 0.3) is 10.6 Å². The van der Waals surface area contributed by atoms with Crippen molar-refractivity contribution in [3.63, 3.8) is 0 Å². The zero-order valence-corrected chi connectivity index (χ0v) is 16.9. The second-order valence-electron chi connectivity index (χ2n) is 6.78. The monoisotopic (exact) mass is 404 g/mol. The SMILES string of the molecule is CCC=O.O=C1NCCCc2nc(-c3ccc(N4CCCCC4)nc3F)sc21. The van der Waals surface area contributed by atoms with Crippen LogP contribution in [0.2, 0.25) is 0 Å². The summed E-state index contributed by atoms with van der Waals surface area (Å²) in [6.45, 7) is 4.33. The Balaban J connectivity index is 0.000000516. The number of carbonyl (C=O) groups is 2. The Kier molecular flexibility index (Phi) is 7.08. The first kappa shape index (κ1) is 20.4. The Labute approximate surface area is 168 Å². The number of aryl methyl sites for hydroxylation is 1. The van der Waals surface area contributed by atoms with Crippen LogP contribution in [0.15, 0.2) is 12.1 Å². The Bertz CT molecular complexity index is 834. The molecule has 4 heterocycles. The molecule has 1 amide bonds. The molecule has 150 valence electrons. The molecule has 0 spiro atoms. The number of halogens is 1. The quantitative estimate of drug-likeness (QED) is 0.625. The second kappa shape index (κ2) is 9.73. The van der Waals surface area contributed by atoms with Gasteiger partial charge in [-0.2, -0.15) is 4.39 Å². The molecule has 0 unspecified atom stereocenters. The zero-order valence-electron chi connectivity index (χ0n) is 16.0. The molecule has 6 nitrogen and oxygen atoms in total. The number of hydrogen-bond acceptors (Lipinski definition) is 6. The van der Waals surface area contributed by atoms with Crippen LogP contribution in [-0.2, 0) is 11.2 Å². The van der Waals surface area contributed by atoms with Gasteiger partial charge in [0, 0.05) is 26.1 Å². The number of thiazole rings is 1. The van der Waals surface area contributed by atoms with Crippen LogP contribution in [0.5, 0.6) is 0 Å². The van der Waals surface area contributed by atoms with Crippen LogP contribution in [0.4, 0.5) is 10.2 Å². The van der Waals surface area contributed by atoms with E-state index in [1.807, 2.05) is 13.0 Å². The number of rotatable bonds is 3. The molecule has 0 saturated carbocycles. The molecule has 2 aliphatic heterocycles. The Hall–Kier alpha value is -2.35. The second-order valence-corrected chi connectivity index (χ2v) is 7.78. The van der Waals surface area contributed by atoms with Crippen LogP contribution in [0.3, 0.4) is 0 Å². The third-order valence-corrected chi connectivity index (χ3v) is 5.82. The summed E-state index contributed by atoms with van der Waals surface area (Å²) < 4.78 is 14.6. The molecule has 1 saturated heterocycles. The van der Waals surface area contributed by atoms with Crippen LogP contribution >= 0.6 is 11.3 Å². The summed E-state index contributed by atoms with van der Waals surface area (Å²) in [5, 5.41) is 3.38. The predicted octanol–water partition coefficient (Wildman–Crippen LogP) is 3.61. The number of anilines is 1. The van der Waals surface area contributed by atoms with Gasteiger partial charge >= 0.3 is 0 Å². The van der Waals surface area contributed by atoms with E-state index in [2.05, 4.69) is 20.2 Å². The molecule has 2 aliphatic rings. The largest absolute Gasteiger partial charge is 0.357 e. The fourth-order valence-electron chi connectivity index (χ4n) is 3.24. The number of aromatic nitrogens is 2. The van der Waals surface area contributed by atoms with Crippen LogP contribution in [0.1, 0.15) is 54.4 Å². The van der Waals surface area contributed by atoms with E-state index in [1.54, 1.807) is 6.07 Å². The highest BCUT2D eigenvalue weighted by Gasteiger charge is 2.23. The lowest BCUT2D eigenvalue weighted by Crippen LogP contribution is -2.30. The van der Waals surface area contributed by atoms with Crippen molar-refractivity contribution in [2.75, 3.05) is 24.5 Å². The highest BCUT2D eigenvalue weighted by Crippen LogP contribution is 2.32. The summed E-state index contributed by atoms with van der Waals surface area (Å²) in [6, 6.07) is 3.60. The molecule has 1 fully saturated rings. The lowest BCUT2D eigenvalue weighted by atomic mass is 10.1.